The molecular weight excluding hydrogens is 338 g/mol. The van der Waals surface area contributed by atoms with Gasteiger partial charge in [0.2, 0.25) is 5.91 Å². The van der Waals surface area contributed by atoms with Gasteiger partial charge in [0.25, 0.3) is 0 Å². The molecule has 4 nitrogen and oxygen atoms in total. The van der Waals surface area contributed by atoms with Crippen molar-refractivity contribution in [1.29, 1.82) is 0 Å². The van der Waals surface area contributed by atoms with Crippen LogP contribution in [0.5, 0.6) is 0 Å². The Kier molecular flexibility index (Phi) is 15.2. The summed E-state index contributed by atoms with van der Waals surface area (Å²) in [4.78, 5) is 24.4. The maximum absolute atomic E-state index is 11.7. The quantitative estimate of drug-likeness (QED) is 0.255. The SMILES string of the molecule is CCCCCCCCCCCCCCCCCCOC(=O)N1CCCC1=O. The Bertz CT molecular complexity index is 384. The molecule has 0 aromatic carbocycles. The number of amides is 2. The van der Waals surface area contributed by atoms with E-state index in [2.05, 4.69) is 6.92 Å². The molecule has 1 fully saturated rings. The van der Waals surface area contributed by atoms with Gasteiger partial charge in [0.1, 0.15) is 0 Å². The number of likely N-dealkylation sites (tertiary alicyclic amines) is 1. The van der Waals surface area contributed by atoms with Crippen LogP contribution in [-0.2, 0) is 9.53 Å². The van der Waals surface area contributed by atoms with E-state index in [0.717, 1.165) is 19.3 Å². The van der Waals surface area contributed by atoms with Crippen LogP contribution >= 0.6 is 0 Å². The lowest BCUT2D eigenvalue weighted by molar-refractivity contribution is -0.126. The third kappa shape index (κ3) is 12.9. The van der Waals surface area contributed by atoms with E-state index in [1.165, 1.54) is 94.8 Å². The van der Waals surface area contributed by atoms with Crippen molar-refractivity contribution in [3.05, 3.63) is 0 Å². The molecule has 1 aliphatic rings. The van der Waals surface area contributed by atoms with Crippen LogP contribution in [0, 0.1) is 0 Å². The van der Waals surface area contributed by atoms with Crippen molar-refractivity contribution in [2.45, 2.75) is 122 Å². The molecule has 1 heterocycles. The second-order valence-corrected chi connectivity index (χ2v) is 8.07. The fourth-order valence-electron chi connectivity index (χ4n) is 3.73. The van der Waals surface area contributed by atoms with E-state index in [0.29, 0.717) is 19.6 Å². The lowest BCUT2D eigenvalue weighted by atomic mass is 10.0. The van der Waals surface area contributed by atoms with E-state index < -0.39 is 6.09 Å². The number of carbonyl (C=O) groups excluding carboxylic acids is 2. The zero-order chi connectivity index (χ0) is 19.6. The summed E-state index contributed by atoms with van der Waals surface area (Å²) in [6, 6.07) is 0. The van der Waals surface area contributed by atoms with Crippen LogP contribution in [0.25, 0.3) is 0 Å². The number of carbonyl (C=O) groups is 2. The Balaban J connectivity index is 1.73. The van der Waals surface area contributed by atoms with Gasteiger partial charge >= 0.3 is 6.09 Å². The fourth-order valence-corrected chi connectivity index (χ4v) is 3.73. The smallest absolute Gasteiger partial charge is 0.416 e. The van der Waals surface area contributed by atoms with E-state index in [4.69, 9.17) is 4.74 Å². The van der Waals surface area contributed by atoms with Crippen molar-refractivity contribution in [2.75, 3.05) is 13.2 Å². The molecular formula is C23H43NO3. The third-order valence-corrected chi connectivity index (χ3v) is 5.52. The van der Waals surface area contributed by atoms with Crippen LogP contribution in [0.3, 0.4) is 0 Å². The minimum atomic E-state index is -0.446. The number of hydrogen-bond acceptors (Lipinski definition) is 3. The molecule has 0 N–H and O–H groups in total. The summed E-state index contributed by atoms with van der Waals surface area (Å²) in [5.41, 5.74) is 0. The Morgan fingerprint density at radius 2 is 1.22 bits per heavy atom. The summed E-state index contributed by atoms with van der Waals surface area (Å²) < 4.78 is 5.18. The van der Waals surface area contributed by atoms with Crippen LogP contribution in [0.1, 0.15) is 122 Å². The average molecular weight is 382 g/mol. The number of rotatable bonds is 17. The zero-order valence-electron chi connectivity index (χ0n) is 17.8. The van der Waals surface area contributed by atoms with Gasteiger partial charge in [-0.25, -0.2) is 9.69 Å². The monoisotopic (exact) mass is 381 g/mol. The van der Waals surface area contributed by atoms with E-state index >= 15 is 0 Å². The Hall–Kier alpha value is -1.06. The standard InChI is InChI=1S/C23H43NO3/c1-2-3-4-5-6-7-8-9-10-11-12-13-14-15-16-17-21-27-23(26)24-20-18-19-22(24)25/h2-21H2,1H3. The van der Waals surface area contributed by atoms with Crippen LogP contribution < -0.4 is 0 Å². The van der Waals surface area contributed by atoms with Gasteiger partial charge in [0, 0.05) is 13.0 Å². The Morgan fingerprint density at radius 3 is 1.63 bits per heavy atom. The second-order valence-electron chi connectivity index (χ2n) is 8.07. The lowest BCUT2D eigenvalue weighted by Gasteiger charge is -2.13. The maximum Gasteiger partial charge on any atom is 0.416 e. The number of imide groups is 1. The molecule has 158 valence electrons. The summed E-state index contributed by atoms with van der Waals surface area (Å²) >= 11 is 0. The zero-order valence-corrected chi connectivity index (χ0v) is 17.8. The molecule has 0 aliphatic carbocycles. The summed E-state index contributed by atoms with van der Waals surface area (Å²) in [5.74, 6) is -0.0908. The van der Waals surface area contributed by atoms with Crippen molar-refractivity contribution in [1.82, 2.24) is 4.90 Å². The van der Waals surface area contributed by atoms with Crippen LogP contribution in [0.15, 0.2) is 0 Å². The molecule has 0 unspecified atom stereocenters. The molecule has 2 amide bonds. The number of ether oxygens (including phenoxy) is 1. The largest absolute Gasteiger partial charge is 0.449 e. The van der Waals surface area contributed by atoms with E-state index in [1.54, 1.807) is 0 Å². The predicted molar refractivity (Wildman–Crippen MR) is 112 cm³/mol. The van der Waals surface area contributed by atoms with Gasteiger partial charge in [-0.1, -0.05) is 103 Å². The summed E-state index contributed by atoms with van der Waals surface area (Å²) in [6.45, 7) is 3.24. The van der Waals surface area contributed by atoms with Gasteiger partial charge in [-0.15, -0.1) is 0 Å². The van der Waals surface area contributed by atoms with Gasteiger partial charge in [0.15, 0.2) is 0 Å². The number of hydrogen-bond donors (Lipinski definition) is 0. The third-order valence-electron chi connectivity index (χ3n) is 5.52. The van der Waals surface area contributed by atoms with Gasteiger partial charge in [-0.2, -0.15) is 0 Å². The summed E-state index contributed by atoms with van der Waals surface area (Å²) in [7, 11) is 0. The summed E-state index contributed by atoms with van der Waals surface area (Å²) in [5, 5.41) is 0. The van der Waals surface area contributed by atoms with Crippen LogP contribution in [0.2, 0.25) is 0 Å². The maximum atomic E-state index is 11.7. The molecule has 27 heavy (non-hydrogen) atoms. The highest BCUT2D eigenvalue weighted by atomic mass is 16.6. The molecule has 0 aromatic heterocycles. The molecule has 1 rings (SSSR count). The number of unbranched alkanes of at least 4 members (excludes halogenated alkanes) is 15. The van der Waals surface area contributed by atoms with Gasteiger partial charge < -0.3 is 4.74 Å². The fraction of sp³-hybridized carbons (Fsp3) is 0.913. The highest BCUT2D eigenvalue weighted by molar-refractivity contribution is 5.93. The molecule has 1 aliphatic heterocycles. The van der Waals surface area contributed by atoms with Crippen LogP contribution in [0.4, 0.5) is 4.79 Å². The van der Waals surface area contributed by atoms with E-state index in [1.807, 2.05) is 0 Å². The molecule has 0 saturated carbocycles. The van der Waals surface area contributed by atoms with Crippen molar-refractivity contribution < 1.29 is 14.3 Å². The highest BCUT2D eigenvalue weighted by Gasteiger charge is 2.27. The van der Waals surface area contributed by atoms with Crippen molar-refractivity contribution in [3.63, 3.8) is 0 Å². The molecule has 0 spiro atoms. The van der Waals surface area contributed by atoms with E-state index in [9.17, 15) is 9.59 Å². The normalized spacial score (nSPS) is 14.1. The minimum Gasteiger partial charge on any atom is -0.449 e. The lowest BCUT2D eigenvalue weighted by Crippen LogP contribution is -2.32. The average Bonchev–Trinajstić information content (AvgIpc) is 3.10. The first-order valence-corrected chi connectivity index (χ1v) is 11.7. The molecule has 0 bridgehead atoms. The van der Waals surface area contributed by atoms with Gasteiger partial charge in [-0.05, 0) is 12.8 Å². The second kappa shape index (κ2) is 17.1. The van der Waals surface area contributed by atoms with Crippen LogP contribution in [-0.4, -0.2) is 30.1 Å². The topological polar surface area (TPSA) is 46.6 Å². The van der Waals surface area contributed by atoms with E-state index in [-0.39, 0.29) is 5.91 Å². The summed E-state index contributed by atoms with van der Waals surface area (Å²) in [6.07, 6.45) is 22.1. The van der Waals surface area contributed by atoms with Gasteiger partial charge in [0.05, 0.1) is 6.61 Å². The first-order chi connectivity index (χ1) is 13.3. The molecule has 1 saturated heterocycles. The number of nitrogens with zero attached hydrogens (tertiary/aromatic N) is 1. The minimum absolute atomic E-state index is 0.0908. The Labute approximate surface area is 167 Å². The van der Waals surface area contributed by atoms with Gasteiger partial charge in [-0.3, -0.25) is 4.79 Å². The molecule has 0 aromatic rings. The molecule has 0 radical (unpaired) electrons. The van der Waals surface area contributed by atoms with Crippen molar-refractivity contribution >= 4 is 12.0 Å². The first kappa shape index (κ1) is 24.0. The Morgan fingerprint density at radius 1 is 0.778 bits per heavy atom. The molecule has 4 heteroatoms. The first-order valence-electron chi connectivity index (χ1n) is 11.7. The van der Waals surface area contributed by atoms with Crippen molar-refractivity contribution in [2.24, 2.45) is 0 Å². The predicted octanol–water partition coefficient (Wildman–Crippen LogP) is 7.01. The van der Waals surface area contributed by atoms with Crippen molar-refractivity contribution in [3.8, 4) is 0 Å². The highest BCUT2D eigenvalue weighted by Crippen LogP contribution is 2.14. The molecule has 0 atom stereocenters.